The Morgan fingerprint density at radius 2 is 2.05 bits per heavy atom. The summed E-state index contributed by atoms with van der Waals surface area (Å²) in [4.78, 5) is 2.58. The number of anilines is 1. The fraction of sp³-hybridized carbons (Fsp3) is 0.600. The molecule has 118 valence electrons. The molecule has 21 heavy (non-hydrogen) atoms. The fourth-order valence-electron chi connectivity index (χ4n) is 2.96. The van der Waals surface area contributed by atoms with Crippen molar-refractivity contribution in [2.24, 2.45) is 0 Å². The van der Waals surface area contributed by atoms with Crippen LogP contribution in [-0.4, -0.2) is 50.3 Å². The third-order valence-corrected chi connectivity index (χ3v) is 6.22. The maximum Gasteiger partial charge on any atom is 0.243 e. The van der Waals surface area contributed by atoms with Crippen molar-refractivity contribution in [3.05, 3.63) is 23.8 Å². The monoisotopic (exact) mass is 311 g/mol. The van der Waals surface area contributed by atoms with Crippen LogP contribution >= 0.6 is 0 Å². The summed E-state index contributed by atoms with van der Waals surface area (Å²) in [7, 11) is -1.42. The van der Waals surface area contributed by atoms with Gasteiger partial charge in [0.25, 0.3) is 0 Å². The predicted octanol–water partition coefficient (Wildman–Crippen LogP) is 1.68. The summed E-state index contributed by atoms with van der Waals surface area (Å²) in [5.41, 5.74) is 7.03. The number of nitrogen functional groups attached to an aromatic ring is 1. The van der Waals surface area contributed by atoms with E-state index in [1.807, 2.05) is 14.0 Å². The predicted molar refractivity (Wildman–Crippen MR) is 85.7 cm³/mol. The lowest BCUT2D eigenvalue weighted by Gasteiger charge is -2.29. The largest absolute Gasteiger partial charge is 0.399 e. The maximum absolute atomic E-state index is 13.0. The summed E-state index contributed by atoms with van der Waals surface area (Å²) >= 11 is 0. The van der Waals surface area contributed by atoms with E-state index < -0.39 is 10.0 Å². The molecule has 5 nitrogen and oxygen atoms in total. The van der Waals surface area contributed by atoms with Gasteiger partial charge in [-0.2, -0.15) is 4.31 Å². The molecule has 0 bridgehead atoms. The molecule has 0 radical (unpaired) electrons. The van der Waals surface area contributed by atoms with Gasteiger partial charge in [-0.25, -0.2) is 8.42 Å². The minimum Gasteiger partial charge on any atom is -0.399 e. The Morgan fingerprint density at radius 3 is 2.67 bits per heavy atom. The first-order valence-electron chi connectivity index (χ1n) is 7.42. The number of aryl methyl sites for hydroxylation is 1. The van der Waals surface area contributed by atoms with E-state index in [2.05, 4.69) is 4.90 Å². The molecule has 0 aromatic heterocycles. The van der Waals surface area contributed by atoms with Gasteiger partial charge >= 0.3 is 0 Å². The van der Waals surface area contributed by atoms with Crippen LogP contribution in [0.2, 0.25) is 0 Å². The SMILES string of the molecule is CCC1CN(C)CCCN1S(=O)(=O)c1ccc(N)cc1C. The van der Waals surface area contributed by atoms with Crippen molar-refractivity contribution < 1.29 is 8.42 Å². The summed E-state index contributed by atoms with van der Waals surface area (Å²) in [5, 5.41) is 0. The molecule has 1 aromatic carbocycles. The van der Waals surface area contributed by atoms with Crippen LogP contribution in [-0.2, 0) is 10.0 Å². The van der Waals surface area contributed by atoms with Crippen molar-refractivity contribution in [1.29, 1.82) is 0 Å². The molecule has 1 unspecified atom stereocenters. The third kappa shape index (κ3) is 3.39. The Morgan fingerprint density at radius 1 is 1.33 bits per heavy atom. The Balaban J connectivity index is 2.41. The highest BCUT2D eigenvalue weighted by atomic mass is 32.2. The minimum atomic E-state index is -3.47. The molecular formula is C15H25N3O2S. The number of hydrogen-bond acceptors (Lipinski definition) is 4. The molecule has 1 aromatic rings. The van der Waals surface area contributed by atoms with E-state index in [1.165, 1.54) is 0 Å². The van der Waals surface area contributed by atoms with Gasteiger partial charge in [-0.3, -0.25) is 0 Å². The van der Waals surface area contributed by atoms with Gasteiger partial charge in [0.05, 0.1) is 4.90 Å². The van der Waals surface area contributed by atoms with Gasteiger partial charge in [0, 0.05) is 24.8 Å². The van der Waals surface area contributed by atoms with E-state index in [0.29, 0.717) is 22.7 Å². The van der Waals surface area contributed by atoms with E-state index in [1.54, 1.807) is 29.4 Å². The Kier molecular flexibility index (Phi) is 4.91. The lowest BCUT2D eigenvalue weighted by molar-refractivity contribution is 0.270. The van der Waals surface area contributed by atoms with Crippen LogP contribution in [0.4, 0.5) is 5.69 Å². The molecule has 1 heterocycles. The zero-order valence-electron chi connectivity index (χ0n) is 13.0. The van der Waals surface area contributed by atoms with Gasteiger partial charge in [0.2, 0.25) is 10.0 Å². The standard InChI is InChI=1S/C15H25N3O2S/c1-4-14-11-17(3)8-5-9-18(14)21(19,20)15-7-6-13(16)10-12(15)2/h6-7,10,14H,4-5,8-9,11,16H2,1-3H3. The van der Waals surface area contributed by atoms with Gasteiger partial charge in [-0.15, -0.1) is 0 Å². The molecular weight excluding hydrogens is 286 g/mol. The first-order chi connectivity index (χ1) is 9.86. The quantitative estimate of drug-likeness (QED) is 0.863. The Hall–Kier alpha value is -1.11. The second kappa shape index (κ2) is 6.34. The van der Waals surface area contributed by atoms with Crippen LogP contribution in [0.5, 0.6) is 0 Å². The topological polar surface area (TPSA) is 66.6 Å². The fourth-order valence-corrected chi connectivity index (χ4v) is 4.89. The zero-order valence-corrected chi connectivity index (χ0v) is 13.9. The third-order valence-electron chi connectivity index (χ3n) is 4.10. The highest BCUT2D eigenvalue weighted by Crippen LogP contribution is 2.26. The van der Waals surface area contributed by atoms with Crippen molar-refractivity contribution in [2.45, 2.75) is 37.6 Å². The zero-order chi connectivity index (χ0) is 15.6. The van der Waals surface area contributed by atoms with Gasteiger partial charge < -0.3 is 10.6 Å². The van der Waals surface area contributed by atoms with Crippen LogP contribution in [0.3, 0.4) is 0 Å². The highest BCUT2D eigenvalue weighted by molar-refractivity contribution is 7.89. The van der Waals surface area contributed by atoms with Gasteiger partial charge in [0.1, 0.15) is 0 Å². The molecule has 2 N–H and O–H groups in total. The van der Waals surface area contributed by atoms with E-state index in [9.17, 15) is 8.42 Å². The number of likely N-dealkylation sites (N-methyl/N-ethyl adjacent to an activating group) is 1. The molecule has 1 aliphatic heterocycles. The highest BCUT2D eigenvalue weighted by Gasteiger charge is 2.33. The van der Waals surface area contributed by atoms with Crippen molar-refractivity contribution in [3.8, 4) is 0 Å². The van der Waals surface area contributed by atoms with E-state index in [4.69, 9.17) is 5.73 Å². The van der Waals surface area contributed by atoms with Gasteiger partial charge in [-0.05, 0) is 57.1 Å². The molecule has 6 heteroatoms. The normalized spacial score (nSPS) is 22.1. The lowest BCUT2D eigenvalue weighted by Crippen LogP contribution is -2.43. The molecule has 1 atom stereocenters. The first kappa shape index (κ1) is 16.3. The summed E-state index contributed by atoms with van der Waals surface area (Å²) in [6.45, 7) is 6.14. The number of nitrogens with zero attached hydrogens (tertiary/aromatic N) is 2. The lowest BCUT2D eigenvalue weighted by atomic mass is 10.2. The Labute approximate surface area is 127 Å². The molecule has 2 rings (SSSR count). The molecule has 1 saturated heterocycles. The van der Waals surface area contributed by atoms with Crippen molar-refractivity contribution in [1.82, 2.24) is 9.21 Å². The van der Waals surface area contributed by atoms with Crippen LogP contribution in [0, 0.1) is 6.92 Å². The average Bonchev–Trinajstić information content (AvgIpc) is 2.59. The molecule has 0 amide bonds. The molecule has 0 saturated carbocycles. The summed E-state index contributed by atoms with van der Waals surface area (Å²) < 4.78 is 27.7. The van der Waals surface area contributed by atoms with Crippen molar-refractivity contribution in [3.63, 3.8) is 0 Å². The van der Waals surface area contributed by atoms with Crippen LogP contribution < -0.4 is 5.73 Å². The maximum atomic E-state index is 13.0. The van der Waals surface area contributed by atoms with Gasteiger partial charge in [-0.1, -0.05) is 6.92 Å². The number of benzene rings is 1. The van der Waals surface area contributed by atoms with Crippen molar-refractivity contribution >= 4 is 15.7 Å². The molecule has 1 aliphatic rings. The summed E-state index contributed by atoms with van der Waals surface area (Å²) in [6, 6.07) is 5.03. The summed E-state index contributed by atoms with van der Waals surface area (Å²) in [5.74, 6) is 0. The van der Waals surface area contributed by atoms with Crippen LogP contribution in [0.15, 0.2) is 23.1 Å². The Bertz CT molecular complexity index is 601. The second-order valence-electron chi connectivity index (χ2n) is 5.82. The number of nitrogens with two attached hydrogens (primary N) is 1. The molecule has 0 spiro atoms. The average molecular weight is 311 g/mol. The first-order valence-corrected chi connectivity index (χ1v) is 8.86. The van der Waals surface area contributed by atoms with E-state index in [-0.39, 0.29) is 6.04 Å². The van der Waals surface area contributed by atoms with Gasteiger partial charge in [0.15, 0.2) is 0 Å². The summed E-state index contributed by atoms with van der Waals surface area (Å²) in [6.07, 6.45) is 1.68. The van der Waals surface area contributed by atoms with Crippen LogP contribution in [0.25, 0.3) is 0 Å². The smallest absolute Gasteiger partial charge is 0.243 e. The number of hydrogen-bond donors (Lipinski definition) is 1. The number of rotatable bonds is 3. The second-order valence-corrected chi connectivity index (χ2v) is 7.68. The minimum absolute atomic E-state index is 0.0273. The molecule has 1 fully saturated rings. The van der Waals surface area contributed by atoms with Crippen molar-refractivity contribution in [2.75, 3.05) is 32.4 Å². The number of sulfonamides is 1. The molecule has 0 aliphatic carbocycles. The van der Waals surface area contributed by atoms with Crippen LogP contribution in [0.1, 0.15) is 25.3 Å². The van der Waals surface area contributed by atoms with E-state index in [0.717, 1.165) is 25.9 Å². The van der Waals surface area contributed by atoms with E-state index >= 15 is 0 Å².